The minimum atomic E-state index is -3.73. The first-order valence-electron chi connectivity index (χ1n) is 7.53. The Bertz CT molecular complexity index is 1040. The summed E-state index contributed by atoms with van der Waals surface area (Å²) in [5.41, 5.74) is 8.57. The van der Waals surface area contributed by atoms with E-state index in [9.17, 15) is 8.42 Å². The molecule has 0 saturated heterocycles. The number of methoxy groups -OCH3 is 1. The van der Waals surface area contributed by atoms with Gasteiger partial charge in [-0.05, 0) is 48.5 Å². The quantitative estimate of drug-likeness (QED) is 0.585. The molecule has 26 heavy (non-hydrogen) atoms. The third kappa shape index (κ3) is 3.90. The molecule has 0 amide bonds. The van der Waals surface area contributed by atoms with Crippen LogP contribution in [0.4, 0.5) is 17.3 Å². The minimum absolute atomic E-state index is 0.0337. The smallest absolute Gasteiger partial charge is 0.238 e. The van der Waals surface area contributed by atoms with Gasteiger partial charge < -0.3 is 15.8 Å². The highest BCUT2D eigenvalue weighted by atomic mass is 32.2. The number of nitrogens with two attached hydrogens (primary N) is 2. The second kappa shape index (κ2) is 6.98. The summed E-state index contributed by atoms with van der Waals surface area (Å²) in [6.45, 7) is 0. The molecular weight excluding hydrogens is 354 g/mol. The summed E-state index contributed by atoms with van der Waals surface area (Å²) in [7, 11) is -2.17. The lowest BCUT2D eigenvalue weighted by molar-refractivity contribution is 0.417. The van der Waals surface area contributed by atoms with E-state index < -0.39 is 10.0 Å². The Morgan fingerprint density at radius 2 is 1.81 bits per heavy atom. The molecule has 9 heteroatoms. The van der Waals surface area contributed by atoms with Crippen LogP contribution in [0.25, 0.3) is 11.3 Å². The Morgan fingerprint density at radius 1 is 1.08 bits per heavy atom. The van der Waals surface area contributed by atoms with Crippen LogP contribution in [0, 0.1) is 0 Å². The lowest BCUT2D eigenvalue weighted by Gasteiger charge is -2.09. The van der Waals surface area contributed by atoms with Gasteiger partial charge in [0.15, 0.2) is 0 Å². The van der Waals surface area contributed by atoms with Gasteiger partial charge in [0.2, 0.25) is 16.0 Å². The number of hydrogen-bond donors (Lipinski definition) is 3. The van der Waals surface area contributed by atoms with Gasteiger partial charge in [0.25, 0.3) is 0 Å². The number of primary sulfonamides is 1. The fraction of sp³-hybridized carbons (Fsp3) is 0.0588. The van der Waals surface area contributed by atoms with Gasteiger partial charge in [-0.2, -0.15) is 0 Å². The van der Waals surface area contributed by atoms with Crippen LogP contribution in [0.15, 0.2) is 59.6 Å². The predicted octanol–water partition coefficient (Wildman–Crippen LogP) is 2.13. The van der Waals surface area contributed by atoms with Crippen molar-refractivity contribution in [3.05, 3.63) is 54.7 Å². The molecule has 3 rings (SSSR count). The first kappa shape index (κ1) is 17.6. The lowest BCUT2D eigenvalue weighted by Crippen LogP contribution is -2.11. The molecule has 0 aliphatic heterocycles. The summed E-state index contributed by atoms with van der Waals surface area (Å²) >= 11 is 0. The Balaban J connectivity index is 1.84. The van der Waals surface area contributed by atoms with Crippen molar-refractivity contribution < 1.29 is 13.2 Å². The molecular formula is C17H17N5O3S. The van der Waals surface area contributed by atoms with Crippen molar-refractivity contribution in [2.24, 2.45) is 5.14 Å². The second-order valence-corrected chi connectivity index (χ2v) is 6.98. The molecule has 8 nitrogen and oxygen atoms in total. The number of ether oxygens (including phenoxy) is 1. The zero-order valence-electron chi connectivity index (χ0n) is 13.9. The van der Waals surface area contributed by atoms with Gasteiger partial charge in [0, 0.05) is 17.4 Å². The summed E-state index contributed by atoms with van der Waals surface area (Å²) in [5, 5.41) is 8.10. The fourth-order valence-electron chi connectivity index (χ4n) is 2.33. The van der Waals surface area contributed by atoms with Crippen molar-refractivity contribution in [1.82, 2.24) is 9.97 Å². The molecule has 0 saturated carbocycles. The molecule has 2 aromatic carbocycles. The second-order valence-electron chi connectivity index (χ2n) is 5.42. The average Bonchev–Trinajstić information content (AvgIpc) is 2.61. The molecule has 0 aliphatic rings. The fourth-order valence-corrected chi connectivity index (χ4v) is 2.85. The molecule has 0 fully saturated rings. The van der Waals surface area contributed by atoms with E-state index in [1.807, 2.05) is 6.07 Å². The molecule has 5 N–H and O–H groups in total. The number of sulfonamides is 1. The number of nitrogens with zero attached hydrogens (tertiary/aromatic N) is 2. The van der Waals surface area contributed by atoms with Gasteiger partial charge in [-0.15, -0.1) is 0 Å². The van der Waals surface area contributed by atoms with E-state index in [0.717, 1.165) is 5.56 Å². The number of nitrogens with one attached hydrogen (secondary N) is 1. The zero-order valence-corrected chi connectivity index (χ0v) is 14.7. The van der Waals surface area contributed by atoms with Gasteiger partial charge in [-0.3, -0.25) is 0 Å². The number of nitrogen functional groups attached to an aromatic ring is 1. The van der Waals surface area contributed by atoms with Gasteiger partial charge in [0.1, 0.15) is 5.75 Å². The summed E-state index contributed by atoms with van der Waals surface area (Å²) in [4.78, 5) is 8.64. The number of anilines is 3. The van der Waals surface area contributed by atoms with E-state index in [2.05, 4.69) is 15.3 Å². The molecule has 3 aromatic rings. The molecule has 1 aromatic heterocycles. The summed E-state index contributed by atoms with van der Waals surface area (Å²) in [5.74, 6) is 0.955. The Labute approximate surface area is 150 Å². The SMILES string of the molecule is COc1ccc(-c2ccnc(Nc3ccc(S(N)(=O)=O)cc3)n2)cc1N. The van der Waals surface area contributed by atoms with Crippen LogP contribution in [-0.4, -0.2) is 25.5 Å². The van der Waals surface area contributed by atoms with E-state index >= 15 is 0 Å². The highest BCUT2D eigenvalue weighted by molar-refractivity contribution is 7.89. The van der Waals surface area contributed by atoms with Crippen molar-refractivity contribution in [2.75, 3.05) is 18.2 Å². The molecule has 134 valence electrons. The van der Waals surface area contributed by atoms with Crippen LogP contribution < -0.4 is 20.9 Å². The summed E-state index contributed by atoms with van der Waals surface area (Å²) in [6.07, 6.45) is 1.61. The minimum Gasteiger partial charge on any atom is -0.495 e. The van der Waals surface area contributed by atoms with Crippen molar-refractivity contribution in [3.8, 4) is 17.0 Å². The zero-order chi connectivity index (χ0) is 18.7. The van der Waals surface area contributed by atoms with Crippen LogP contribution in [-0.2, 0) is 10.0 Å². The van der Waals surface area contributed by atoms with Crippen molar-refractivity contribution in [2.45, 2.75) is 4.90 Å². The van der Waals surface area contributed by atoms with Crippen molar-refractivity contribution in [3.63, 3.8) is 0 Å². The van der Waals surface area contributed by atoms with Crippen LogP contribution in [0.5, 0.6) is 5.75 Å². The largest absolute Gasteiger partial charge is 0.495 e. The normalized spacial score (nSPS) is 11.2. The lowest BCUT2D eigenvalue weighted by atomic mass is 10.1. The molecule has 0 radical (unpaired) electrons. The standard InChI is InChI=1S/C17H17N5O3S/c1-25-16-7-2-11(10-14(16)18)15-8-9-20-17(22-15)21-12-3-5-13(6-4-12)26(19,23)24/h2-10H,18H2,1H3,(H2,19,23,24)(H,20,21,22). The topological polar surface area (TPSA) is 133 Å². The maximum absolute atomic E-state index is 11.3. The first-order valence-corrected chi connectivity index (χ1v) is 9.08. The highest BCUT2D eigenvalue weighted by Crippen LogP contribution is 2.28. The van der Waals surface area contributed by atoms with Crippen LogP contribution in [0.3, 0.4) is 0 Å². The predicted molar refractivity (Wildman–Crippen MR) is 99.5 cm³/mol. The van der Waals surface area contributed by atoms with Crippen LogP contribution in [0.2, 0.25) is 0 Å². The van der Waals surface area contributed by atoms with E-state index in [1.54, 1.807) is 43.6 Å². The molecule has 0 atom stereocenters. The number of aromatic nitrogens is 2. The molecule has 1 heterocycles. The Kier molecular flexibility index (Phi) is 4.74. The number of hydrogen-bond acceptors (Lipinski definition) is 7. The molecule has 0 spiro atoms. The van der Waals surface area contributed by atoms with Gasteiger partial charge >= 0.3 is 0 Å². The molecule has 0 bridgehead atoms. The third-order valence-corrected chi connectivity index (χ3v) is 4.55. The van der Waals surface area contributed by atoms with Gasteiger partial charge in [0.05, 0.1) is 23.4 Å². The van der Waals surface area contributed by atoms with Crippen LogP contribution in [0.1, 0.15) is 0 Å². The Hall–Kier alpha value is -3.17. The monoisotopic (exact) mass is 371 g/mol. The first-order chi connectivity index (χ1) is 12.4. The van der Waals surface area contributed by atoms with Gasteiger partial charge in [-0.1, -0.05) is 0 Å². The van der Waals surface area contributed by atoms with Crippen molar-refractivity contribution >= 4 is 27.3 Å². The third-order valence-electron chi connectivity index (χ3n) is 3.62. The van der Waals surface area contributed by atoms with Gasteiger partial charge in [-0.25, -0.2) is 23.5 Å². The highest BCUT2D eigenvalue weighted by Gasteiger charge is 2.08. The molecule has 0 aliphatic carbocycles. The Morgan fingerprint density at radius 3 is 2.42 bits per heavy atom. The van der Waals surface area contributed by atoms with Crippen LogP contribution >= 0.6 is 0 Å². The number of benzene rings is 2. The maximum atomic E-state index is 11.3. The van der Waals surface area contributed by atoms with E-state index in [1.165, 1.54) is 12.1 Å². The molecule has 0 unspecified atom stereocenters. The number of rotatable bonds is 5. The summed E-state index contributed by atoms with van der Waals surface area (Å²) in [6, 6.07) is 13.1. The summed E-state index contributed by atoms with van der Waals surface area (Å²) < 4.78 is 27.7. The van der Waals surface area contributed by atoms with E-state index in [0.29, 0.717) is 28.8 Å². The maximum Gasteiger partial charge on any atom is 0.238 e. The van der Waals surface area contributed by atoms with E-state index in [4.69, 9.17) is 15.6 Å². The van der Waals surface area contributed by atoms with E-state index in [-0.39, 0.29) is 4.90 Å². The van der Waals surface area contributed by atoms with Crippen molar-refractivity contribution in [1.29, 1.82) is 0 Å². The average molecular weight is 371 g/mol.